The Morgan fingerprint density at radius 3 is 2.71 bits per heavy atom. The van der Waals surface area contributed by atoms with Crippen LogP contribution in [0.1, 0.15) is 86.3 Å². The van der Waals surface area contributed by atoms with Gasteiger partial charge in [-0.2, -0.15) is 18.3 Å². The fraction of sp³-hybridized carbons (Fsp3) is 0.520. The molecular weight excluding hydrogens is 443 g/mol. The number of fused-ring (bicyclic) bond motifs is 1. The molecule has 2 fully saturated rings. The van der Waals surface area contributed by atoms with E-state index in [1.54, 1.807) is 0 Å². The number of pyridine rings is 1. The second kappa shape index (κ2) is 8.76. The predicted octanol–water partition coefficient (Wildman–Crippen LogP) is 6.24. The van der Waals surface area contributed by atoms with Gasteiger partial charge in [0.25, 0.3) is 0 Å². The van der Waals surface area contributed by atoms with Gasteiger partial charge in [-0.25, -0.2) is 15.0 Å². The van der Waals surface area contributed by atoms with Crippen molar-refractivity contribution in [1.82, 2.24) is 24.7 Å². The summed E-state index contributed by atoms with van der Waals surface area (Å²) < 4.78 is 46.8. The Balaban J connectivity index is 1.47. The highest BCUT2D eigenvalue weighted by Crippen LogP contribution is 2.41. The van der Waals surface area contributed by atoms with Gasteiger partial charge in [-0.15, -0.1) is 0 Å². The zero-order valence-corrected chi connectivity index (χ0v) is 19.3. The molecule has 0 bridgehead atoms. The topological polar surface area (TPSA) is 65.7 Å². The lowest BCUT2D eigenvalue weighted by Gasteiger charge is -2.33. The molecule has 1 aliphatic heterocycles. The normalized spacial score (nSPS) is 23.4. The van der Waals surface area contributed by atoms with Crippen molar-refractivity contribution in [2.24, 2.45) is 0 Å². The van der Waals surface area contributed by atoms with Crippen LogP contribution in [0.5, 0.6) is 0 Å². The summed E-state index contributed by atoms with van der Waals surface area (Å²) in [6, 6.07) is 4.13. The number of alkyl halides is 3. The molecule has 0 aromatic carbocycles. The third-order valence-corrected chi connectivity index (χ3v) is 6.55. The fourth-order valence-electron chi connectivity index (χ4n) is 4.61. The molecule has 0 N–H and O–H groups in total. The highest BCUT2D eigenvalue weighted by atomic mass is 19.4. The summed E-state index contributed by atoms with van der Waals surface area (Å²) in [5.41, 5.74) is 3.11. The Kier molecular flexibility index (Phi) is 5.91. The standard InChI is InChI=1S/C25H28F3N5O/c1-14(8-9-25(26,27)28)22-20-7-4-15(2)30-24(20)32-23(31-22)17-10-16(3)34-21(11-17)18-12-29-33(13-18)19-5-6-19/h4,7,12-13,16-17,19,21H,1,5-6,8-11H2,2-3H3. The molecule has 6 nitrogen and oxygen atoms in total. The van der Waals surface area contributed by atoms with E-state index >= 15 is 0 Å². The van der Waals surface area contributed by atoms with Gasteiger partial charge in [0.2, 0.25) is 0 Å². The maximum absolute atomic E-state index is 12.9. The molecule has 3 aromatic heterocycles. The molecule has 180 valence electrons. The minimum Gasteiger partial charge on any atom is -0.370 e. The Labute approximate surface area is 196 Å². The van der Waals surface area contributed by atoms with Crippen molar-refractivity contribution >= 4 is 16.6 Å². The van der Waals surface area contributed by atoms with E-state index in [0.717, 1.165) is 30.5 Å². The molecular formula is C25H28F3N5O. The van der Waals surface area contributed by atoms with Crippen LogP contribution >= 0.6 is 0 Å². The number of aryl methyl sites for hydroxylation is 1. The van der Waals surface area contributed by atoms with E-state index in [1.165, 1.54) is 0 Å². The lowest BCUT2D eigenvalue weighted by Crippen LogP contribution is -2.26. The van der Waals surface area contributed by atoms with Crippen LogP contribution in [0.2, 0.25) is 0 Å². The number of nitrogens with zero attached hydrogens (tertiary/aromatic N) is 5. The molecule has 0 radical (unpaired) electrons. The van der Waals surface area contributed by atoms with E-state index in [9.17, 15) is 13.2 Å². The second-order valence-corrected chi connectivity index (χ2v) is 9.56. The fourth-order valence-corrected chi connectivity index (χ4v) is 4.61. The minimum absolute atomic E-state index is 0.0149. The van der Waals surface area contributed by atoms with Gasteiger partial charge in [0.1, 0.15) is 5.82 Å². The van der Waals surface area contributed by atoms with Crippen molar-refractivity contribution in [2.75, 3.05) is 0 Å². The van der Waals surface area contributed by atoms with Crippen LogP contribution < -0.4 is 0 Å². The van der Waals surface area contributed by atoms with Crippen LogP contribution in [0.4, 0.5) is 13.2 Å². The smallest absolute Gasteiger partial charge is 0.370 e. The van der Waals surface area contributed by atoms with Crippen molar-refractivity contribution < 1.29 is 17.9 Å². The summed E-state index contributed by atoms with van der Waals surface area (Å²) in [6.07, 6.45) is 2.08. The molecule has 1 saturated heterocycles. The van der Waals surface area contributed by atoms with E-state index in [1.807, 2.05) is 36.9 Å². The van der Waals surface area contributed by atoms with E-state index in [2.05, 4.69) is 22.9 Å². The molecule has 0 spiro atoms. The maximum atomic E-state index is 12.9. The largest absolute Gasteiger partial charge is 0.389 e. The second-order valence-electron chi connectivity index (χ2n) is 9.56. The van der Waals surface area contributed by atoms with E-state index in [-0.39, 0.29) is 24.5 Å². The highest BCUT2D eigenvalue weighted by molar-refractivity contribution is 5.87. The Hall–Kier alpha value is -2.81. The monoisotopic (exact) mass is 471 g/mol. The maximum Gasteiger partial charge on any atom is 0.389 e. The molecule has 3 aromatic rings. The average molecular weight is 472 g/mol. The van der Waals surface area contributed by atoms with Crippen molar-refractivity contribution in [3.63, 3.8) is 0 Å². The molecule has 1 aliphatic carbocycles. The van der Waals surface area contributed by atoms with Gasteiger partial charge in [0, 0.05) is 35.2 Å². The number of hydrogen-bond donors (Lipinski definition) is 0. The first-order valence-electron chi connectivity index (χ1n) is 11.8. The van der Waals surface area contributed by atoms with Crippen LogP contribution in [0.3, 0.4) is 0 Å². The zero-order valence-electron chi connectivity index (χ0n) is 19.3. The summed E-state index contributed by atoms with van der Waals surface area (Å²) in [4.78, 5) is 14.1. The molecule has 0 amide bonds. The first-order chi connectivity index (χ1) is 16.2. The van der Waals surface area contributed by atoms with Crippen molar-refractivity contribution in [1.29, 1.82) is 0 Å². The number of rotatable bonds is 6. The van der Waals surface area contributed by atoms with Gasteiger partial charge in [-0.3, -0.25) is 4.68 Å². The van der Waals surface area contributed by atoms with Gasteiger partial charge >= 0.3 is 6.18 Å². The minimum atomic E-state index is -4.25. The van der Waals surface area contributed by atoms with Crippen molar-refractivity contribution in [3.8, 4) is 0 Å². The summed E-state index contributed by atoms with van der Waals surface area (Å²) in [5.74, 6) is 0.572. The zero-order chi connectivity index (χ0) is 24.0. The molecule has 9 heteroatoms. The van der Waals surface area contributed by atoms with E-state index in [0.29, 0.717) is 40.6 Å². The van der Waals surface area contributed by atoms with Crippen LogP contribution in [0.15, 0.2) is 31.1 Å². The summed E-state index contributed by atoms with van der Waals surface area (Å²) in [6.45, 7) is 7.83. The molecule has 3 atom stereocenters. The highest BCUT2D eigenvalue weighted by Gasteiger charge is 2.34. The van der Waals surface area contributed by atoms with Crippen LogP contribution in [-0.4, -0.2) is 37.0 Å². The first-order valence-corrected chi connectivity index (χ1v) is 11.8. The van der Waals surface area contributed by atoms with Gasteiger partial charge < -0.3 is 4.74 Å². The number of allylic oxidation sites excluding steroid dienone is 1. The van der Waals surface area contributed by atoms with Crippen LogP contribution in [0.25, 0.3) is 16.6 Å². The van der Waals surface area contributed by atoms with Gasteiger partial charge in [0.15, 0.2) is 5.65 Å². The van der Waals surface area contributed by atoms with E-state index < -0.39 is 12.6 Å². The number of halogens is 3. The first kappa shape index (κ1) is 23.0. The third-order valence-electron chi connectivity index (χ3n) is 6.55. The molecule has 3 unspecified atom stereocenters. The Morgan fingerprint density at radius 1 is 1.18 bits per heavy atom. The summed E-state index contributed by atoms with van der Waals surface area (Å²) >= 11 is 0. The number of hydrogen-bond acceptors (Lipinski definition) is 5. The Bertz CT molecular complexity index is 1220. The van der Waals surface area contributed by atoms with Crippen LogP contribution in [-0.2, 0) is 4.74 Å². The van der Waals surface area contributed by atoms with Gasteiger partial charge in [-0.05, 0) is 63.7 Å². The lowest BCUT2D eigenvalue weighted by molar-refractivity contribution is -0.133. The lowest BCUT2D eigenvalue weighted by atomic mass is 9.89. The quantitative estimate of drug-likeness (QED) is 0.426. The molecule has 1 saturated carbocycles. The summed E-state index contributed by atoms with van der Waals surface area (Å²) in [7, 11) is 0. The number of aromatic nitrogens is 5. The van der Waals surface area contributed by atoms with Crippen molar-refractivity contribution in [3.05, 3.63) is 53.9 Å². The molecule has 34 heavy (non-hydrogen) atoms. The SMILES string of the molecule is C=C(CCC(F)(F)F)c1nc(C2CC(C)OC(c3cnn(C4CC4)c3)C2)nc2nc(C)ccc12. The van der Waals surface area contributed by atoms with E-state index in [4.69, 9.17) is 14.7 Å². The Morgan fingerprint density at radius 2 is 1.97 bits per heavy atom. The average Bonchev–Trinajstić information content (AvgIpc) is 3.51. The number of ether oxygens (including phenoxy) is 1. The van der Waals surface area contributed by atoms with Crippen LogP contribution in [0, 0.1) is 6.92 Å². The van der Waals surface area contributed by atoms with Crippen molar-refractivity contribution in [2.45, 2.75) is 82.7 Å². The summed E-state index contributed by atoms with van der Waals surface area (Å²) in [5, 5.41) is 5.12. The molecule has 2 aliphatic rings. The third kappa shape index (κ3) is 4.99. The predicted molar refractivity (Wildman–Crippen MR) is 122 cm³/mol. The van der Waals surface area contributed by atoms with Gasteiger partial charge in [-0.1, -0.05) is 6.58 Å². The van der Waals surface area contributed by atoms with Gasteiger partial charge in [0.05, 0.1) is 30.1 Å². The molecule has 4 heterocycles. The molecule has 5 rings (SSSR count).